The summed E-state index contributed by atoms with van der Waals surface area (Å²) in [6, 6.07) is 4.21. The van der Waals surface area contributed by atoms with Gasteiger partial charge in [-0.1, -0.05) is 0 Å². The van der Waals surface area contributed by atoms with Gasteiger partial charge in [0.15, 0.2) is 0 Å². The maximum Gasteiger partial charge on any atom is 1.00 e. The molecule has 0 atom stereocenters. The molecule has 4 aromatic heterocycles. The molecule has 0 saturated carbocycles. The number of hydrogen-bond acceptors (Lipinski definition) is 8. The SMILES string of the molecule is CC(=O)[O-].Cc1cc2scc(B3OC(C)(C)C(C)(C)O3)c2cn1.Cc1cc2scc(Br)c2cn1.[K+]. The fourth-order valence-electron chi connectivity index (χ4n) is 3.18. The molecule has 5 rings (SSSR count). The van der Waals surface area contributed by atoms with Gasteiger partial charge in [0.25, 0.3) is 0 Å². The first-order valence-corrected chi connectivity index (χ1v) is 13.2. The van der Waals surface area contributed by atoms with Crippen LogP contribution in [0.25, 0.3) is 20.2 Å². The summed E-state index contributed by atoms with van der Waals surface area (Å²) in [6.45, 7) is 13.3. The molecule has 0 aromatic carbocycles. The Labute approximate surface area is 265 Å². The fraction of sp³-hybridized carbons (Fsp3) is 0.375. The number of carboxylic acid groups (broad SMARTS) is 1. The molecule has 1 fully saturated rings. The number of hydrogen-bond donors (Lipinski definition) is 0. The molecule has 1 aliphatic heterocycles. The van der Waals surface area contributed by atoms with Crippen LogP contribution in [0.4, 0.5) is 0 Å². The molecule has 0 N–H and O–H groups in total. The molecule has 5 heterocycles. The third-order valence-corrected chi connectivity index (χ3v) is 8.55. The van der Waals surface area contributed by atoms with Gasteiger partial charge in [-0.3, -0.25) is 9.97 Å². The van der Waals surface area contributed by atoms with Gasteiger partial charge >= 0.3 is 58.5 Å². The molecule has 180 valence electrons. The number of thiophene rings is 2. The van der Waals surface area contributed by atoms with Gasteiger partial charge in [0.2, 0.25) is 0 Å². The van der Waals surface area contributed by atoms with Gasteiger partial charge in [-0.2, -0.15) is 0 Å². The van der Waals surface area contributed by atoms with E-state index in [2.05, 4.69) is 76.5 Å². The Morgan fingerprint density at radius 3 is 1.89 bits per heavy atom. The maximum absolute atomic E-state index is 8.89. The van der Waals surface area contributed by atoms with Crippen LogP contribution in [-0.2, 0) is 14.1 Å². The van der Waals surface area contributed by atoms with Crippen molar-refractivity contribution in [3.63, 3.8) is 0 Å². The van der Waals surface area contributed by atoms with Gasteiger partial charge in [0.1, 0.15) is 0 Å². The number of carboxylic acids is 1. The predicted molar refractivity (Wildman–Crippen MR) is 143 cm³/mol. The number of carbonyl (C=O) groups excluding carboxylic acids is 1. The van der Waals surface area contributed by atoms with Crippen LogP contribution in [0.3, 0.4) is 0 Å². The summed E-state index contributed by atoms with van der Waals surface area (Å²) in [5.41, 5.74) is 2.60. The Morgan fingerprint density at radius 2 is 1.37 bits per heavy atom. The molecule has 4 aromatic rings. The number of halogens is 1. The Kier molecular flexibility index (Phi) is 11.1. The molecule has 0 unspecified atom stereocenters. The number of aromatic nitrogens is 2. The molecular weight excluding hydrogens is 574 g/mol. The van der Waals surface area contributed by atoms with Crippen molar-refractivity contribution in [3.8, 4) is 0 Å². The average molecular weight is 601 g/mol. The van der Waals surface area contributed by atoms with Crippen LogP contribution in [0.15, 0.2) is 39.8 Å². The topological polar surface area (TPSA) is 84.4 Å². The monoisotopic (exact) mass is 600 g/mol. The number of rotatable bonds is 1. The second-order valence-corrected chi connectivity index (χ2v) is 11.7. The van der Waals surface area contributed by atoms with E-state index in [1.54, 1.807) is 22.7 Å². The zero-order chi connectivity index (χ0) is 25.3. The molecule has 0 aliphatic carbocycles. The molecule has 1 saturated heterocycles. The molecule has 0 radical (unpaired) electrons. The molecule has 1 aliphatic rings. The smallest absolute Gasteiger partial charge is 0.550 e. The zero-order valence-electron chi connectivity index (χ0n) is 21.3. The number of pyridine rings is 2. The number of fused-ring (bicyclic) bond motifs is 2. The van der Waals surface area contributed by atoms with Gasteiger partial charge in [0, 0.05) is 65.2 Å². The second kappa shape index (κ2) is 12.6. The van der Waals surface area contributed by atoms with Crippen molar-refractivity contribution >= 4 is 77.3 Å². The summed E-state index contributed by atoms with van der Waals surface area (Å²) in [6.07, 6.45) is 3.83. The number of carbonyl (C=O) groups is 1. The van der Waals surface area contributed by atoms with Crippen LogP contribution < -0.4 is 62.0 Å². The Bertz CT molecular complexity index is 1310. The van der Waals surface area contributed by atoms with E-state index in [9.17, 15) is 0 Å². The minimum absolute atomic E-state index is 0. The number of nitrogens with zero attached hydrogens (tertiary/aromatic N) is 2. The molecule has 0 spiro atoms. The van der Waals surface area contributed by atoms with Gasteiger partial charge in [-0.15, -0.1) is 22.7 Å². The van der Waals surface area contributed by atoms with Crippen LogP contribution in [-0.4, -0.2) is 34.3 Å². The van der Waals surface area contributed by atoms with Crippen molar-refractivity contribution in [1.29, 1.82) is 0 Å². The van der Waals surface area contributed by atoms with Crippen LogP contribution >= 0.6 is 38.6 Å². The Hall–Kier alpha value is -0.209. The number of aliphatic carboxylic acids is 1. The van der Waals surface area contributed by atoms with Crippen LogP contribution in [0, 0.1) is 13.8 Å². The van der Waals surface area contributed by atoms with E-state index >= 15 is 0 Å². The minimum Gasteiger partial charge on any atom is -0.550 e. The van der Waals surface area contributed by atoms with E-state index in [-0.39, 0.29) is 69.7 Å². The predicted octanol–water partition coefficient (Wildman–Crippen LogP) is 2.03. The molecular formula is C24H27BBrKN2O4S2. The maximum atomic E-state index is 8.89. The van der Waals surface area contributed by atoms with Gasteiger partial charge in [-0.05, 0) is 81.9 Å². The van der Waals surface area contributed by atoms with E-state index in [0.29, 0.717) is 0 Å². The van der Waals surface area contributed by atoms with Crippen LogP contribution in [0.1, 0.15) is 46.0 Å². The summed E-state index contributed by atoms with van der Waals surface area (Å²) < 4.78 is 15.9. The quantitative estimate of drug-likeness (QED) is 0.311. The van der Waals surface area contributed by atoms with Crippen molar-refractivity contribution in [3.05, 3.63) is 51.1 Å². The summed E-state index contributed by atoms with van der Waals surface area (Å²) in [4.78, 5) is 17.5. The second-order valence-electron chi connectivity index (χ2n) is 9.00. The number of aryl methyl sites for hydroxylation is 2. The van der Waals surface area contributed by atoms with Crippen LogP contribution in [0.2, 0.25) is 0 Å². The fourth-order valence-corrected chi connectivity index (χ4v) is 5.82. The standard InChI is InChI=1S/C14H18BNO2S.C8H6BrNS.C2H4O2.K/c1-9-6-12-10(7-16-9)11(8-19-12)15-17-13(2,3)14(4,5)18-15;1-5-2-8-6(3-10-5)7(9)4-11-8;1-2(3)4;/h6-8H,1-5H3;2-4H,1H3;1H3,(H,3,4);/q;;;+1/p-1. The Morgan fingerprint density at radius 1 is 0.943 bits per heavy atom. The van der Waals surface area contributed by atoms with Gasteiger partial charge in [0.05, 0.1) is 11.2 Å². The first-order valence-electron chi connectivity index (χ1n) is 10.7. The van der Waals surface area contributed by atoms with Gasteiger partial charge in [-0.25, -0.2) is 0 Å². The largest absolute Gasteiger partial charge is 1.00 e. The van der Waals surface area contributed by atoms with Crippen molar-refractivity contribution in [1.82, 2.24) is 9.97 Å². The van der Waals surface area contributed by atoms with E-state index in [4.69, 9.17) is 19.2 Å². The van der Waals surface area contributed by atoms with Crippen LogP contribution in [0.5, 0.6) is 0 Å². The van der Waals surface area contributed by atoms with Gasteiger partial charge < -0.3 is 19.2 Å². The van der Waals surface area contributed by atoms with E-state index in [1.165, 1.54) is 14.8 Å². The summed E-state index contributed by atoms with van der Waals surface area (Å²) in [5, 5.41) is 15.4. The first-order chi connectivity index (χ1) is 15.8. The average Bonchev–Trinajstić information content (AvgIpc) is 3.35. The third-order valence-electron chi connectivity index (χ3n) is 5.68. The third kappa shape index (κ3) is 7.66. The molecule has 6 nitrogen and oxygen atoms in total. The van der Waals surface area contributed by atoms with E-state index in [0.717, 1.165) is 33.6 Å². The first kappa shape index (κ1) is 31.0. The van der Waals surface area contributed by atoms with E-state index in [1.807, 2.05) is 26.2 Å². The molecule has 0 bridgehead atoms. The van der Waals surface area contributed by atoms with Crippen molar-refractivity contribution in [2.45, 2.75) is 59.7 Å². The van der Waals surface area contributed by atoms with Crippen molar-refractivity contribution in [2.24, 2.45) is 0 Å². The summed E-state index contributed by atoms with van der Waals surface area (Å²) in [5.74, 6) is -1.08. The molecule has 11 heteroatoms. The summed E-state index contributed by atoms with van der Waals surface area (Å²) >= 11 is 6.92. The molecule has 0 amide bonds. The Balaban J connectivity index is 0.000000229. The zero-order valence-corrected chi connectivity index (χ0v) is 27.6. The van der Waals surface area contributed by atoms with E-state index < -0.39 is 5.97 Å². The molecule has 35 heavy (non-hydrogen) atoms. The summed E-state index contributed by atoms with van der Waals surface area (Å²) in [7, 11) is -0.303. The van der Waals surface area contributed by atoms with Crippen molar-refractivity contribution in [2.75, 3.05) is 0 Å². The van der Waals surface area contributed by atoms with Crippen molar-refractivity contribution < 1.29 is 70.6 Å². The normalized spacial score (nSPS) is 15.6. The minimum atomic E-state index is -1.08.